The minimum Gasteiger partial charge on any atom is -0.356 e. The summed E-state index contributed by atoms with van der Waals surface area (Å²) in [6.07, 6.45) is 0. The average Bonchev–Trinajstić information content (AvgIpc) is 2.44. The molecule has 1 aromatic heterocycles. The predicted octanol–water partition coefficient (Wildman–Crippen LogP) is 3.81. The number of hydrogen-bond donors (Lipinski definition) is 1. The van der Waals surface area contributed by atoms with Gasteiger partial charge >= 0.3 is 0 Å². The van der Waals surface area contributed by atoms with Crippen molar-refractivity contribution in [2.45, 2.75) is 34.2 Å². The van der Waals surface area contributed by atoms with Crippen molar-refractivity contribution < 1.29 is 0 Å². The van der Waals surface area contributed by atoms with Crippen LogP contribution in [0.5, 0.6) is 0 Å². The van der Waals surface area contributed by atoms with E-state index in [9.17, 15) is 0 Å². The third kappa shape index (κ3) is 3.94. The van der Waals surface area contributed by atoms with Gasteiger partial charge in [0.1, 0.15) is 5.82 Å². The Labute approximate surface area is 128 Å². The summed E-state index contributed by atoms with van der Waals surface area (Å²) < 4.78 is 0. The lowest BCUT2D eigenvalue weighted by molar-refractivity contribution is 0.549. The van der Waals surface area contributed by atoms with Crippen molar-refractivity contribution in [3.05, 3.63) is 35.9 Å². The van der Waals surface area contributed by atoms with Gasteiger partial charge in [0.2, 0.25) is 0 Å². The van der Waals surface area contributed by atoms with E-state index in [0.29, 0.717) is 18.4 Å². The number of fused-ring (bicyclic) bond motifs is 1. The van der Waals surface area contributed by atoms with Gasteiger partial charge in [-0.3, -0.25) is 0 Å². The van der Waals surface area contributed by atoms with Gasteiger partial charge in [0.15, 0.2) is 0 Å². The van der Waals surface area contributed by atoms with Crippen molar-refractivity contribution >= 4 is 16.7 Å². The summed E-state index contributed by atoms with van der Waals surface area (Å²) in [7, 11) is 0. The van der Waals surface area contributed by atoms with Gasteiger partial charge in [-0.05, 0) is 29.5 Å². The SMILES string of the molecule is CC(C)CN(CC(C)C)c1cc(CN)c2ccccc2n1. The van der Waals surface area contributed by atoms with Crippen LogP contribution in [0.15, 0.2) is 30.3 Å². The number of para-hydroxylation sites is 1. The Balaban J connectivity index is 2.46. The van der Waals surface area contributed by atoms with Crippen molar-refractivity contribution in [1.82, 2.24) is 4.98 Å². The predicted molar refractivity (Wildman–Crippen MR) is 91.5 cm³/mol. The van der Waals surface area contributed by atoms with E-state index in [1.54, 1.807) is 0 Å². The van der Waals surface area contributed by atoms with E-state index in [4.69, 9.17) is 10.7 Å². The van der Waals surface area contributed by atoms with E-state index in [2.05, 4.69) is 50.8 Å². The minimum atomic E-state index is 0.549. The van der Waals surface area contributed by atoms with Gasteiger partial charge in [0, 0.05) is 25.0 Å². The normalized spacial score (nSPS) is 11.6. The van der Waals surface area contributed by atoms with Crippen LogP contribution >= 0.6 is 0 Å². The summed E-state index contributed by atoms with van der Waals surface area (Å²) in [5, 5.41) is 1.16. The molecule has 0 atom stereocenters. The fourth-order valence-corrected chi connectivity index (χ4v) is 2.71. The quantitative estimate of drug-likeness (QED) is 0.877. The Kier molecular flexibility index (Phi) is 5.18. The lowest BCUT2D eigenvalue weighted by Crippen LogP contribution is -2.32. The molecule has 1 heterocycles. The zero-order valence-corrected chi connectivity index (χ0v) is 13.6. The summed E-state index contributed by atoms with van der Waals surface area (Å²) in [6.45, 7) is 11.6. The Bertz CT molecular complexity index is 580. The third-order valence-electron chi connectivity index (χ3n) is 3.50. The first-order valence-electron chi connectivity index (χ1n) is 7.85. The van der Waals surface area contributed by atoms with E-state index < -0.39 is 0 Å². The van der Waals surface area contributed by atoms with Crippen LogP contribution < -0.4 is 10.6 Å². The number of nitrogens with zero attached hydrogens (tertiary/aromatic N) is 2. The maximum absolute atomic E-state index is 5.94. The van der Waals surface area contributed by atoms with Gasteiger partial charge in [-0.25, -0.2) is 4.98 Å². The molecular formula is C18H27N3. The Hall–Kier alpha value is -1.61. The van der Waals surface area contributed by atoms with Crippen LogP contribution in [-0.4, -0.2) is 18.1 Å². The number of pyridine rings is 1. The first-order chi connectivity index (χ1) is 10.0. The standard InChI is InChI=1S/C18H27N3/c1-13(2)11-21(12-14(3)4)18-9-15(10-19)16-7-5-6-8-17(16)20-18/h5-9,13-14H,10-12,19H2,1-4H3. The number of anilines is 1. The smallest absolute Gasteiger partial charge is 0.129 e. The molecule has 0 aliphatic rings. The number of nitrogens with two attached hydrogens (primary N) is 1. The molecule has 1 aromatic carbocycles. The molecule has 114 valence electrons. The lowest BCUT2D eigenvalue weighted by atomic mass is 10.1. The van der Waals surface area contributed by atoms with E-state index >= 15 is 0 Å². The second kappa shape index (κ2) is 6.90. The number of benzene rings is 1. The molecule has 3 heteroatoms. The van der Waals surface area contributed by atoms with Gasteiger partial charge < -0.3 is 10.6 Å². The maximum atomic E-state index is 5.94. The highest BCUT2D eigenvalue weighted by molar-refractivity contribution is 5.84. The monoisotopic (exact) mass is 285 g/mol. The van der Waals surface area contributed by atoms with Crippen LogP contribution in [-0.2, 0) is 6.54 Å². The van der Waals surface area contributed by atoms with Crippen LogP contribution in [0, 0.1) is 11.8 Å². The molecule has 0 unspecified atom stereocenters. The summed E-state index contributed by atoms with van der Waals surface area (Å²) in [5.41, 5.74) is 8.15. The highest BCUT2D eigenvalue weighted by Gasteiger charge is 2.14. The number of aromatic nitrogens is 1. The van der Waals surface area contributed by atoms with Crippen molar-refractivity contribution in [3.63, 3.8) is 0 Å². The van der Waals surface area contributed by atoms with Gasteiger partial charge in [-0.2, -0.15) is 0 Å². The zero-order valence-electron chi connectivity index (χ0n) is 13.6. The molecule has 21 heavy (non-hydrogen) atoms. The third-order valence-corrected chi connectivity index (χ3v) is 3.50. The summed E-state index contributed by atoms with van der Waals surface area (Å²) in [5.74, 6) is 2.27. The second-order valence-electron chi connectivity index (χ2n) is 6.55. The first-order valence-corrected chi connectivity index (χ1v) is 7.85. The fraction of sp³-hybridized carbons (Fsp3) is 0.500. The molecule has 3 nitrogen and oxygen atoms in total. The average molecular weight is 285 g/mol. The molecule has 0 saturated carbocycles. The molecule has 2 N–H and O–H groups in total. The molecule has 0 spiro atoms. The summed E-state index contributed by atoms with van der Waals surface area (Å²) in [6, 6.07) is 10.4. The van der Waals surface area contributed by atoms with Crippen LogP contribution in [0.1, 0.15) is 33.3 Å². The lowest BCUT2D eigenvalue weighted by Gasteiger charge is -2.28. The van der Waals surface area contributed by atoms with E-state index in [1.807, 2.05) is 12.1 Å². The number of hydrogen-bond acceptors (Lipinski definition) is 3. The Morgan fingerprint density at radius 1 is 1.05 bits per heavy atom. The van der Waals surface area contributed by atoms with Gasteiger partial charge in [-0.15, -0.1) is 0 Å². The molecule has 0 aliphatic carbocycles. The molecule has 0 radical (unpaired) electrons. The molecule has 2 rings (SSSR count). The molecular weight excluding hydrogens is 258 g/mol. The zero-order chi connectivity index (χ0) is 15.4. The van der Waals surface area contributed by atoms with Crippen LogP contribution in [0.4, 0.5) is 5.82 Å². The Morgan fingerprint density at radius 3 is 2.24 bits per heavy atom. The van der Waals surface area contributed by atoms with E-state index in [1.165, 1.54) is 5.56 Å². The fourth-order valence-electron chi connectivity index (χ4n) is 2.71. The maximum Gasteiger partial charge on any atom is 0.129 e. The highest BCUT2D eigenvalue weighted by Crippen LogP contribution is 2.24. The van der Waals surface area contributed by atoms with Crippen molar-refractivity contribution in [2.75, 3.05) is 18.0 Å². The molecule has 0 bridgehead atoms. The molecule has 0 aliphatic heterocycles. The van der Waals surface area contributed by atoms with Gasteiger partial charge in [0.25, 0.3) is 0 Å². The van der Waals surface area contributed by atoms with E-state index in [-0.39, 0.29) is 0 Å². The highest BCUT2D eigenvalue weighted by atomic mass is 15.2. The summed E-state index contributed by atoms with van der Waals surface area (Å²) >= 11 is 0. The Morgan fingerprint density at radius 2 is 1.67 bits per heavy atom. The largest absolute Gasteiger partial charge is 0.356 e. The summed E-state index contributed by atoms with van der Waals surface area (Å²) in [4.78, 5) is 7.25. The first kappa shape index (κ1) is 15.8. The minimum absolute atomic E-state index is 0.549. The van der Waals surface area contributed by atoms with Crippen molar-refractivity contribution in [3.8, 4) is 0 Å². The molecule has 0 fully saturated rings. The van der Waals surface area contributed by atoms with Crippen LogP contribution in [0.25, 0.3) is 10.9 Å². The van der Waals surface area contributed by atoms with Crippen LogP contribution in [0.2, 0.25) is 0 Å². The molecule has 2 aromatic rings. The molecule has 0 amide bonds. The second-order valence-corrected chi connectivity index (χ2v) is 6.55. The number of rotatable bonds is 6. The van der Waals surface area contributed by atoms with E-state index in [0.717, 1.165) is 29.8 Å². The van der Waals surface area contributed by atoms with Crippen molar-refractivity contribution in [1.29, 1.82) is 0 Å². The van der Waals surface area contributed by atoms with Gasteiger partial charge in [-0.1, -0.05) is 45.9 Å². The van der Waals surface area contributed by atoms with Crippen LogP contribution in [0.3, 0.4) is 0 Å². The van der Waals surface area contributed by atoms with Crippen molar-refractivity contribution in [2.24, 2.45) is 17.6 Å². The van der Waals surface area contributed by atoms with Gasteiger partial charge in [0.05, 0.1) is 5.52 Å². The molecule has 0 saturated heterocycles. The topological polar surface area (TPSA) is 42.1 Å².